The molecule has 24 heteroatoms. The van der Waals surface area contributed by atoms with Crippen LogP contribution in [0.4, 0.5) is 0 Å². The van der Waals surface area contributed by atoms with Crippen molar-refractivity contribution in [2.24, 2.45) is 5.92 Å². The molecule has 80 heavy (non-hydrogen) atoms. The number of unbranched alkanes of at least 4 members (excludes halogenated alkanes) is 22. The molecule has 3 rings (SSSR count). The molecule has 3 aliphatic rings. The highest BCUT2D eigenvalue weighted by Crippen LogP contribution is 2.49. The van der Waals surface area contributed by atoms with E-state index in [-0.39, 0.29) is 12.8 Å². The molecule has 23 nitrogen and oxygen atoms in total. The van der Waals surface area contributed by atoms with Gasteiger partial charge in [-0.1, -0.05) is 181 Å². The van der Waals surface area contributed by atoms with Crippen molar-refractivity contribution in [3.63, 3.8) is 0 Å². The van der Waals surface area contributed by atoms with Crippen LogP contribution >= 0.6 is 7.82 Å². The van der Waals surface area contributed by atoms with Crippen molar-refractivity contribution < 1.29 is 113 Å². The van der Waals surface area contributed by atoms with E-state index in [2.05, 4.69) is 20.8 Å². The fourth-order valence-corrected chi connectivity index (χ4v) is 11.4. The van der Waals surface area contributed by atoms with Crippen molar-refractivity contribution in [3.05, 3.63) is 0 Å². The summed E-state index contributed by atoms with van der Waals surface area (Å²) < 4.78 is 58.2. The fraction of sp³-hybridized carbons (Fsp3) is 0.964. The summed E-state index contributed by atoms with van der Waals surface area (Å²) in [5, 5.41) is 117. The molecule has 0 aromatic rings. The van der Waals surface area contributed by atoms with E-state index >= 15 is 0 Å². The van der Waals surface area contributed by atoms with Gasteiger partial charge in [0.2, 0.25) is 0 Å². The van der Waals surface area contributed by atoms with Crippen LogP contribution in [0.2, 0.25) is 0 Å². The maximum atomic E-state index is 14.0. The van der Waals surface area contributed by atoms with E-state index in [1.54, 1.807) is 0 Å². The van der Waals surface area contributed by atoms with Crippen LogP contribution in [0.25, 0.3) is 0 Å². The quantitative estimate of drug-likeness (QED) is 0.0228. The van der Waals surface area contributed by atoms with Crippen LogP contribution in [0, 0.1) is 5.92 Å². The number of esters is 2. The third-order valence-corrected chi connectivity index (χ3v) is 16.6. The third kappa shape index (κ3) is 26.4. The second-order valence-electron chi connectivity index (χ2n) is 22.5. The van der Waals surface area contributed by atoms with Crippen molar-refractivity contribution in [1.29, 1.82) is 0 Å². The lowest BCUT2D eigenvalue weighted by molar-refractivity contribution is -0.360. The van der Waals surface area contributed by atoms with Gasteiger partial charge in [-0.2, -0.15) is 0 Å². The summed E-state index contributed by atoms with van der Waals surface area (Å²) in [5.41, 5.74) is 0. The molecule has 12 N–H and O–H groups in total. The summed E-state index contributed by atoms with van der Waals surface area (Å²) in [5.74, 6) is -0.636. The van der Waals surface area contributed by atoms with E-state index < -0.39 is 150 Å². The van der Waals surface area contributed by atoms with E-state index in [1.165, 1.54) is 103 Å². The largest absolute Gasteiger partial charge is 0.472 e. The second kappa shape index (κ2) is 40.7. The predicted molar refractivity (Wildman–Crippen MR) is 291 cm³/mol. The van der Waals surface area contributed by atoms with Gasteiger partial charge < -0.3 is 89.5 Å². The van der Waals surface area contributed by atoms with Gasteiger partial charge >= 0.3 is 19.8 Å². The lowest BCUT2D eigenvalue weighted by Crippen LogP contribution is -2.69. The number of hydrogen-bond acceptors (Lipinski definition) is 22. The number of carbonyl (C=O) groups is 2. The molecule has 472 valence electrons. The van der Waals surface area contributed by atoms with Gasteiger partial charge in [-0.25, -0.2) is 4.57 Å². The number of phosphoric ester groups is 1. The first-order valence-electron chi connectivity index (χ1n) is 30.3. The summed E-state index contributed by atoms with van der Waals surface area (Å²) in [7, 11) is -5.63. The molecule has 0 spiro atoms. The van der Waals surface area contributed by atoms with Gasteiger partial charge in [0, 0.05) is 12.8 Å². The Morgan fingerprint density at radius 2 is 0.825 bits per heavy atom. The highest BCUT2D eigenvalue weighted by Gasteiger charge is 2.58. The van der Waals surface area contributed by atoms with Crippen molar-refractivity contribution in [1.82, 2.24) is 0 Å². The minimum atomic E-state index is -5.63. The molecule has 2 aliphatic heterocycles. The summed E-state index contributed by atoms with van der Waals surface area (Å²) in [4.78, 5) is 37.6. The Hall–Kier alpha value is -1.55. The number of carbonyl (C=O) groups excluding carboxylic acids is 2. The lowest BCUT2D eigenvalue weighted by Gasteiger charge is -2.49. The molecule has 4 unspecified atom stereocenters. The monoisotopic (exact) mass is 1180 g/mol. The van der Waals surface area contributed by atoms with Crippen molar-refractivity contribution in [2.75, 3.05) is 26.4 Å². The zero-order chi connectivity index (χ0) is 59.0. The van der Waals surface area contributed by atoms with Crippen molar-refractivity contribution >= 4 is 19.8 Å². The second-order valence-corrected chi connectivity index (χ2v) is 23.9. The number of phosphoric acid groups is 1. The molecular formula is C56H105O23P. The molecule has 0 aromatic carbocycles. The van der Waals surface area contributed by atoms with Gasteiger partial charge in [0.05, 0.1) is 19.8 Å². The van der Waals surface area contributed by atoms with E-state index in [9.17, 15) is 75.2 Å². The average molecular weight is 1180 g/mol. The van der Waals surface area contributed by atoms with E-state index in [0.29, 0.717) is 18.8 Å². The standard InChI is InChI=1S/C56H105O23P/c1-4-6-8-10-12-13-14-15-16-17-18-23-27-31-41(59)72-35-38(74-42(60)32-28-24-20-19-22-26-30-37(3)29-25-21-11-9-7-5-2)36-73-80(70,71)79-54-52(77-55-50(68)45(63)43(61)39(33-57)75-55)48(66)47(65)49(67)53(54)78-56-51(69)46(64)44(62)40(34-58)76-56/h37-40,43-58,61-69H,4-36H2,1-3H3,(H,70,71)/t37?,38-,39-,40-,43-,44-,45+,46+,47?,48-,49+,50+,51+,52-,53-,54?,55-,56-/m1/s1. The first-order chi connectivity index (χ1) is 38.3. The summed E-state index contributed by atoms with van der Waals surface area (Å²) >= 11 is 0. The Bertz CT molecular complexity index is 1610. The number of ether oxygens (including phenoxy) is 6. The summed E-state index contributed by atoms with van der Waals surface area (Å²) in [6, 6.07) is 0. The molecule has 2 saturated heterocycles. The van der Waals surface area contributed by atoms with E-state index in [4.69, 9.17) is 37.5 Å². The predicted octanol–water partition coefficient (Wildman–Crippen LogP) is 4.40. The topological polar surface area (TPSA) is 368 Å². The first-order valence-corrected chi connectivity index (χ1v) is 31.8. The van der Waals surface area contributed by atoms with Crippen LogP contribution in [-0.2, 0) is 51.6 Å². The van der Waals surface area contributed by atoms with Crippen LogP contribution in [-0.4, -0.2) is 204 Å². The summed E-state index contributed by atoms with van der Waals surface area (Å²) in [6.45, 7) is 3.34. The van der Waals surface area contributed by atoms with Gasteiger partial charge in [0.25, 0.3) is 0 Å². The van der Waals surface area contributed by atoms with Crippen LogP contribution < -0.4 is 0 Å². The van der Waals surface area contributed by atoms with Crippen LogP contribution in [0.3, 0.4) is 0 Å². The SMILES string of the molecule is CCCCCCCCCCCCCCCC(=O)OC[C@H](COP(=O)(O)OC1[C@H](O[C@H]2O[C@H](CO)[C@@H](O)[C@H](O)[C@@H]2O)[C@H](O)C(O)[C@H](O)[C@H]1O[C@H]1O[C@H](CO)[C@@H](O)[C@H](O)[C@@H]1O)OC(=O)CCCCCCCCC(C)CCCCCCCC. The van der Waals surface area contributed by atoms with Crippen LogP contribution in [0.5, 0.6) is 0 Å². The van der Waals surface area contributed by atoms with Gasteiger partial charge in [-0.05, 0) is 18.8 Å². The molecular weight excluding hydrogens is 1070 g/mol. The van der Waals surface area contributed by atoms with Crippen molar-refractivity contribution in [3.8, 4) is 0 Å². The highest BCUT2D eigenvalue weighted by molar-refractivity contribution is 7.47. The first kappa shape index (κ1) is 72.7. The zero-order valence-corrected chi connectivity index (χ0v) is 48.9. The Labute approximate surface area is 474 Å². The Kier molecular flexibility index (Phi) is 37.0. The maximum absolute atomic E-state index is 14.0. The Morgan fingerprint density at radius 1 is 0.463 bits per heavy atom. The molecule has 3 fully saturated rings. The molecule has 0 aromatic heterocycles. The molecule has 2 heterocycles. The number of aliphatic hydroxyl groups excluding tert-OH is 11. The molecule has 0 radical (unpaired) electrons. The molecule has 1 saturated carbocycles. The average Bonchev–Trinajstić information content (AvgIpc) is 3.62. The molecule has 19 atom stereocenters. The normalized spacial score (nSPS) is 31.6. The number of aliphatic hydroxyl groups is 11. The molecule has 0 bridgehead atoms. The van der Waals surface area contributed by atoms with Crippen molar-refractivity contribution in [2.45, 2.75) is 311 Å². The van der Waals surface area contributed by atoms with Gasteiger partial charge in [-0.3, -0.25) is 18.6 Å². The third-order valence-electron chi connectivity index (χ3n) is 15.6. The minimum absolute atomic E-state index is 0.0277. The summed E-state index contributed by atoms with van der Waals surface area (Å²) in [6.07, 6.45) is -4.84. The maximum Gasteiger partial charge on any atom is 0.472 e. The zero-order valence-electron chi connectivity index (χ0n) is 48.0. The molecule has 1 aliphatic carbocycles. The highest BCUT2D eigenvalue weighted by atomic mass is 31.2. The number of rotatable bonds is 44. The Balaban J connectivity index is 1.70. The fourth-order valence-electron chi connectivity index (χ4n) is 10.4. The van der Waals surface area contributed by atoms with E-state index in [0.717, 1.165) is 57.8 Å². The smallest absolute Gasteiger partial charge is 0.462 e. The number of hydrogen-bond donors (Lipinski definition) is 12. The van der Waals surface area contributed by atoms with E-state index in [1.807, 2.05) is 0 Å². The molecule has 0 amide bonds. The van der Waals surface area contributed by atoms with Gasteiger partial charge in [-0.15, -0.1) is 0 Å². The lowest BCUT2D eigenvalue weighted by atomic mass is 9.84. The minimum Gasteiger partial charge on any atom is -0.462 e. The van der Waals surface area contributed by atoms with Crippen LogP contribution in [0.1, 0.15) is 207 Å². The van der Waals surface area contributed by atoms with Gasteiger partial charge in [0.15, 0.2) is 18.7 Å². The Morgan fingerprint density at radius 3 is 1.23 bits per heavy atom. The van der Waals surface area contributed by atoms with Gasteiger partial charge in [0.1, 0.15) is 92.1 Å². The van der Waals surface area contributed by atoms with Crippen LogP contribution in [0.15, 0.2) is 0 Å².